The standard InChI is InChI=1S/C22H34O3/c1-14-4-7-18-17-6-5-15-12-16(25-13-20(23)24)8-10-22(15,3)19(17)9-11-21(14,18)2/h12,14,16-19H,4-11,13H2,1-3H3,(H,23,24)/t14?,16-,17?,18?,19?,21?,22?/m0/s1. The number of rotatable bonds is 3. The SMILES string of the molecule is CC1CCC2C3CCC4=C[C@@H](OCC(=O)O)CCC4(C)C3CCC12C. The lowest BCUT2D eigenvalue weighted by molar-refractivity contribution is -0.144. The molecule has 6 unspecified atom stereocenters. The van der Waals surface area contributed by atoms with Gasteiger partial charge in [0, 0.05) is 0 Å². The van der Waals surface area contributed by atoms with Gasteiger partial charge in [-0.3, -0.25) is 0 Å². The van der Waals surface area contributed by atoms with E-state index in [4.69, 9.17) is 9.84 Å². The van der Waals surface area contributed by atoms with Gasteiger partial charge in [-0.05, 0) is 85.9 Å². The third-order valence-corrected chi connectivity index (χ3v) is 8.97. The van der Waals surface area contributed by atoms with Crippen molar-refractivity contribution in [3.63, 3.8) is 0 Å². The van der Waals surface area contributed by atoms with Crippen LogP contribution in [0.25, 0.3) is 0 Å². The van der Waals surface area contributed by atoms with Crippen molar-refractivity contribution in [2.75, 3.05) is 6.61 Å². The summed E-state index contributed by atoms with van der Waals surface area (Å²) in [5.74, 6) is 2.69. The van der Waals surface area contributed by atoms with Gasteiger partial charge in [0.15, 0.2) is 0 Å². The highest BCUT2D eigenvalue weighted by Crippen LogP contribution is 2.66. The number of hydrogen-bond acceptors (Lipinski definition) is 2. The smallest absolute Gasteiger partial charge is 0.329 e. The molecule has 0 radical (unpaired) electrons. The van der Waals surface area contributed by atoms with E-state index in [2.05, 4.69) is 26.8 Å². The molecule has 3 heteroatoms. The van der Waals surface area contributed by atoms with Gasteiger partial charge in [-0.1, -0.05) is 32.4 Å². The van der Waals surface area contributed by atoms with Gasteiger partial charge in [0.2, 0.25) is 0 Å². The highest BCUT2D eigenvalue weighted by molar-refractivity contribution is 5.68. The zero-order valence-corrected chi connectivity index (χ0v) is 16.1. The van der Waals surface area contributed by atoms with Crippen molar-refractivity contribution < 1.29 is 14.6 Å². The van der Waals surface area contributed by atoms with Crippen LogP contribution in [0, 0.1) is 34.5 Å². The monoisotopic (exact) mass is 346 g/mol. The Morgan fingerprint density at radius 1 is 1.16 bits per heavy atom. The maximum Gasteiger partial charge on any atom is 0.329 e. The zero-order chi connectivity index (χ0) is 17.8. The Morgan fingerprint density at radius 3 is 2.72 bits per heavy atom. The number of carboxylic acid groups (broad SMARTS) is 1. The van der Waals surface area contributed by atoms with Crippen LogP contribution in [0.1, 0.15) is 72.1 Å². The molecule has 3 saturated carbocycles. The quantitative estimate of drug-likeness (QED) is 0.727. The van der Waals surface area contributed by atoms with Gasteiger partial charge in [0.25, 0.3) is 0 Å². The number of carboxylic acids is 1. The first-order chi connectivity index (χ1) is 11.8. The van der Waals surface area contributed by atoms with Gasteiger partial charge in [0.05, 0.1) is 6.10 Å². The lowest BCUT2D eigenvalue weighted by Gasteiger charge is -2.58. The van der Waals surface area contributed by atoms with Crippen molar-refractivity contribution in [2.24, 2.45) is 34.5 Å². The normalized spacial score (nSPS) is 48.9. The zero-order valence-electron chi connectivity index (χ0n) is 16.1. The second-order valence-corrected chi connectivity index (χ2v) is 9.83. The van der Waals surface area contributed by atoms with E-state index in [1.54, 1.807) is 5.57 Å². The third kappa shape index (κ3) is 2.69. The first kappa shape index (κ1) is 17.6. The first-order valence-corrected chi connectivity index (χ1v) is 10.4. The van der Waals surface area contributed by atoms with E-state index in [1.807, 2.05) is 0 Å². The van der Waals surface area contributed by atoms with Crippen LogP contribution in [0.3, 0.4) is 0 Å². The van der Waals surface area contributed by atoms with E-state index in [0.717, 1.165) is 30.1 Å². The van der Waals surface area contributed by atoms with Crippen LogP contribution in [0.5, 0.6) is 0 Å². The molecule has 3 nitrogen and oxygen atoms in total. The third-order valence-electron chi connectivity index (χ3n) is 8.97. The van der Waals surface area contributed by atoms with Gasteiger partial charge in [0.1, 0.15) is 6.61 Å². The Morgan fingerprint density at radius 2 is 1.96 bits per heavy atom. The summed E-state index contributed by atoms with van der Waals surface area (Å²) in [7, 11) is 0. The predicted molar refractivity (Wildman–Crippen MR) is 98.2 cm³/mol. The summed E-state index contributed by atoms with van der Waals surface area (Å²) in [5, 5.41) is 8.87. The number of fused-ring (bicyclic) bond motifs is 5. The maximum absolute atomic E-state index is 10.8. The summed E-state index contributed by atoms with van der Waals surface area (Å²) in [6.45, 7) is 7.40. The molecule has 0 saturated heterocycles. The van der Waals surface area contributed by atoms with E-state index in [0.29, 0.717) is 10.8 Å². The van der Waals surface area contributed by atoms with E-state index in [9.17, 15) is 4.79 Å². The molecule has 4 aliphatic rings. The Kier molecular flexibility index (Phi) is 4.30. The predicted octanol–water partition coefficient (Wildman–Crippen LogP) is 5.06. The molecule has 0 bridgehead atoms. The summed E-state index contributed by atoms with van der Waals surface area (Å²) in [4.78, 5) is 10.8. The molecule has 0 aliphatic heterocycles. The van der Waals surface area contributed by atoms with Crippen LogP contribution in [0.15, 0.2) is 11.6 Å². The Bertz CT molecular complexity index is 582. The molecule has 7 atom stereocenters. The molecule has 25 heavy (non-hydrogen) atoms. The molecule has 4 aliphatic carbocycles. The van der Waals surface area contributed by atoms with Crippen LogP contribution in [-0.2, 0) is 9.53 Å². The van der Waals surface area contributed by atoms with Crippen LogP contribution >= 0.6 is 0 Å². The average Bonchev–Trinajstić information content (AvgIpc) is 2.88. The van der Waals surface area contributed by atoms with Crippen molar-refractivity contribution in [3.05, 3.63) is 11.6 Å². The molecule has 0 amide bonds. The summed E-state index contributed by atoms with van der Waals surface area (Å²) >= 11 is 0. The van der Waals surface area contributed by atoms with Crippen molar-refractivity contribution in [2.45, 2.75) is 78.2 Å². The van der Waals surface area contributed by atoms with Gasteiger partial charge >= 0.3 is 5.97 Å². The Labute approximate surface area is 152 Å². The molecular formula is C22H34O3. The summed E-state index contributed by atoms with van der Waals surface area (Å²) < 4.78 is 5.60. The number of aliphatic carboxylic acids is 1. The van der Waals surface area contributed by atoms with E-state index in [1.165, 1.54) is 44.9 Å². The maximum atomic E-state index is 10.8. The van der Waals surface area contributed by atoms with Gasteiger partial charge in [-0.2, -0.15) is 0 Å². The fraction of sp³-hybridized carbons (Fsp3) is 0.864. The first-order valence-electron chi connectivity index (χ1n) is 10.4. The van der Waals surface area contributed by atoms with Gasteiger partial charge in [-0.15, -0.1) is 0 Å². The van der Waals surface area contributed by atoms with Crippen LogP contribution in [0.4, 0.5) is 0 Å². The van der Waals surface area contributed by atoms with Gasteiger partial charge in [-0.25, -0.2) is 4.79 Å². The second-order valence-electron chi connectivity index (χ2n) is 9.83. The number of ether oxygens (including phenoxy) is 1. The van der Waals surface area contributed by atoms with E-state index < -0.39 is 5.97 Å². The molecule has 1 N–H and O–H groups in total. The topological polar surface area (TPSA) is 46.5 Å². The molecule has 140 valence electrons. The van der Waals surface area contributed by atoms with Crippen molar-refractivity contribution in [1.82, 2.24) is 0 Å². The van der Waals surface area contributed by atoms with Crippen LogP contribution < -0.4 is 0 Å². The average molecular weight is 347 g/mol. The summed E-state index contributed by atoms with van der Waals surface area (Å²) in [6, 6.07) is 0. The highest BCUT2D eigenvalue weighted by atomic mass is 16.5. The molecule has 0 heterocycles. The summed E-state index contributed by atoms with van der Waals surface area (Å²) in [6.07, 6.45) is 12.7. The minimum atomic E-state index is -0.864. The number of allylic oxidation sites excluding steroid dienone is 1. The molecule has 4 rings (SSSR count). The number of carbonyl (C=O) groups is 1. The molecule has 0 aromatic carbocycles. The van der Waals surface area contributed by atoms with Crippen molar-refractivity contribution in [3.8, 4) is 0 Å². The van der Waals surface area contributed by atoms with Crippen LogP contribution in [0.2, 0.25) is 0 Å². The van der Waals surface area contributed by atoms with E-state index in [-0.39, 0.29) is 12.7 Å². The fourth-order valence-corrected chi connectivity index (χ4v) is 7.27. The number of hydrogen-bond donors (Lipinski definition) is 1. The van der Waals surface area contributed by atoms with E-state index >= 15 is 0 Å². The van der Waals surface area contributed by atoms with Crippen molar-refractivity contribution in [1.29, 1.82) is 0 Å². The highest BCUT2D eigenvalue weighted by Gasteiger charge is 2.57. The second kappa shape index (κ2) is 6.11. The molecule has 3 fully saturated rings. The fourth-order valence-electron chi connectivity index (χ4n) is 7.27. The molecular weight excluding hydrogens is 312 g/mol. The van der Waals surface area contributed by atoms with Gasteiger partial charge < -0.3 is 9.84 Å². The Hall–Kier alpha value is -0.830. The van der Waals surface area contributed by atoms with Crippen molar-refractivity contribution >= 4 is 5.97 Å². The largest absolute Gasteiger partial charge is 0.480 e. The minimum absolute atomic E-state index is 0.0103. The summed E-state index contributed by atoms with van der Waals surface area (Å²) in [5.41, 5.74) is 2.49. The minimum Gasteiger partial charge on any atom is -0.480 e. The lowest BCUT2D eigenvalue weighted by Crippen LogP contribution is -2.50. The van der Waals surface area contributed by atoms with Crippen LogP contribution in [-0.4, -0.2) is 23.8 Å². The Balaban J connectivity index is 1.55. The lowest BCUT2D eigenvalue weighted by atomic mass is 9.47. The molecule has 0 spiro atoms. The molecule has 0 aromatic heterocycles. The molecule has 0 aromatic rings.